The lowest BCUT2D eigenvalue weighted by atomic mass is 9.42. The molecule has 4 nitrogen and oxygen atoms in total. The Kier molecular flexibility index (Phi) is 3.26. The monoisotopic (exact) mass is 507 g/mol. The minimum absolute atomic E-state index is 0.0363. The van der Waals surface area contributed by atoms with E-state index in [4.69, 9.17) is 4.74 Å². The molecule has 0 unspecified atom stereocenters. The first-order chi connectivity index (χ1) is 19.8. The number of rotatable bonds is 0. The van der Waals surface area contributed by atoms with Crippen molar-refractivity contribution in [3.63, 3.8) is 0 Å². The molecule has 40 heavy (non-hydrogen) atoms. The van der Waals surface area contributed by atoms with Crippen molar-refractivity contribution in [2.45, 2.75) is 0 Å². The van der Waals surface area contributed by atoms with Gasteiger partial charge >= 0.3 is 13.7 Å². The second-order valence-electron chi connectivity index (χ2n) is 11.4. The molecular weight excluding hydrogens is 488 g/mol. The van der Waals surface area contributed by atoms with E-state index in [2.05, 4.69) is 124 Å². The Morgan fingerprint density at radius 2 is 1.25 bits per heavy atom. The van der Waals surface area contributed by atoms with E-state index in [-0.39, 0.29) is 13.7 Å². The van der Waals surface area contributed by atoms with Crippen molar-refractivity contribution in [3.05, 3.63) is 109 Å². The van der Waals surface area contributed by atoms with E-state index in [0.717, 1.165) is 22.9 Å². The molecule has 1 N–H and O–H groups in total. The first kappa shape index (κ1) is 19.9. The SMILES string of the molecule is c1ccc2c(c1)Nc1c3c(cc4c1B2n1ccc2cccc-4c21)B1c2c(cccc2-c2cccc4ccn1c24)O3. The average molecular weight is 507 g/mol. The predicted octanol–water partition coefficient (Wildman–Crippen LogP) is 5.03. The zero-order valence-electron chi connectivity index (χ0n) is 21.3. The molecule has 4 aliphatic rings. The number of nitrogens with zero attached hydrogens (tertiary/aromatic N) is 2. The normalized spacial score (nSPS) is 14.3. The molecule has 0 spiro atoms. The molecular formula is C34H19B2N3O. The Morgan fingerprint density at radius 1 is 0.575 bits per heavy atom. The lowest BCUT2D eigenvalue weighted by Crippen LogP contribution is -2.58. The summed E-state index contributed by atoms with van der Waals surface area (Å²) >= 11 is 0. The van der Waals surface area contributed by atoms with Crippen LogP contribution in [-0.4, -0.2) is 22.7 Å². The standard InChI is InChI=1S/C34H19B2N3O/c1-2-12-27-25(11-1)35-30-24(23-10-4-7-20-14-16-38(35)33(20)23)18-26-34(31(30)37-27)40-28-13-5-8-21-22-9-3-6-19-15-17-39(32(19)22)36(26)29(21)28/h1-18,37H. The highest BCUT2D eigenvalue weighted by molar-refractivity contribution is 6.91. The largest absolute Gasteiger partial charge is 0.456 e. The molecule has 11 rings (SSSR count). The third kappa shape index (κ3) is 2.11. The minimum atomic E-state index is 0.0363. The highest BCUT2D eigenvalue weighted by atomic mass is 16.5. The van der Waals surface area contributed by atoms with E-state index in [1.807, 2.05) is 0 Å². The number of nitrogens with one attached hydrogen (secondary N) is 1. The van der Waals surface area contributed by atoms with Gasteiger partial charge in [0.1, 0.15) is 11.5 Å². The molecule has 0 fully saturated rings. The number of fused-ring (bicyclic) bond motifs is 9. The summed E-state index contributed by atoms with van der Waals surface area (Å²) in [6, 6.07) is 35.5. The molecule has 4 aliphatic heterocycles. The van der Waals surface area contributed by atoms with Gasteiger partial charge in [-0.1, -0.05) is 72.8 Å². The van der Waals surface area contributed by atoms with Crippen LogP contribution >= 0.6 is 0 Å². The molecule has 0 aliphatic carbocycles. The van der Waals surface area contributed by atoms with Crippen LogP contribution in [0.1, 0.15) is 0 Å². The van der Waals surface area contributed by atoms with E-state index < -0.39 is 0 Å². The highest BCUT2D eigenvalue weighted by Crippen LogP contribution is 2.44. The average Bonchev–Trinajstić information content (AvgIpc) is 3.63. The van der Waals surface area contributed by atoms with Crippen LogP contribution in [0.15, 0.2) is 109 Å². The summed E-state index contributed by atoms with van der Waals surface area (Å²) in [6.45, 7) is 0.121. The van der Waals surface area contributed by atoms with E-state index in [9.17, 15) is 0 Å². The van der Waals surface area contributed by atoms with Crippen molar-refractivity contribution in [3.8, 4) is 33.8 Å². The number of ether oxygens (including phenoxy) is 1. The summed E-state index contributed by atoms with van der Waals surface area (Å²) in [6.07, 6.45) is 4.51. The molecule has 0 bridgehead atoms. The van der Waals surface area contributed by atoms with Crippen LogP contribution in [0.4, 0.5) is 11.4 Å². The summed E-state index contributed by atoms with van der Waals surface area (Å²) in [4.78, 5) is 0. The maximum absolute atomic E-state index is 6.95. The van der Waals surface area contributed by atoms with Gasteiger partial charge in [-0.05, 0) is 74.9 Å². The van der Waals surface area contributed by atoms with Crippen molar-refractivity contribution in [1.29, 1.82) is 0 Å². The summed E-state index contributed by atoms with van der Waals surface area (Å²) in [7, 11) is 0. The van der Waals surface area contributed by atoms with Gasteiger partial charge in [-0.2, -0.15) is 0 Å². The molecule has 6 heterocycles. The lowest BCUT2D eigenvalue weighted by molar-refractivity contribution is 0.489. The molecule has 182 valence electrons. The summed E-state index contributed by atoms with van der Waals surface area (Å²) in [5.74, 6) is 1.89. The molecule has 0 amide bonds. The zero-order valence-corrected chi connectivity index (χ0v) is 21.3. The number of hydrogen-bond acceptors (Lipinski definition) is 2. The molecule has 0 atom stereocenters. The fourth-order valence-corrected chi connectivity index (χ4v) is 8.08. The minimum Gasteiger partial charge on any atom is -0.456 e. The number of aromatic nitrogens is 2. The summed E-state index contributed by atoms with van der Waals surface area (Å²) in [5.41, 5.74) is 15.0. The number of hydrogen-bond donors (Lipinski definition) is 1. The van der Waals surface area contributed by atoms with Gasteiger partial charge in [0.15, 0.2) is 0 Å². The first-order valence-electron chi connectivity index (χ1n) is 13.9. The predicted molar refractivity (Wildman–Crippen MR) is 165 cm³/mol. The maximum Gasteiger partial charge on any atom is 0.336 e. The van der Waals surface area contributed by atoms with Gasteiger partial charge in [0.25, 0.3) is 0 Å². The van der Waals surface area contributed by atoms with Gasteiger partial charge in [0.05, 0.1) is 5.69 Å². The molecule has 0 saturated carbocycles. The fraction of sp³-hybridized carbons (Fsp3) is 0. The Hall–Kier alpha value is -5.09. The zero-order chi connectivity index (χ0) is 25.7. The molecule has 2 aromatic heterocycles. The van der Waals surface area contributed by atoms with Crippen LogP contribution < -0.4 is 31.9 Å². The quantitative estimate of drug-likeness (QED) is 0.292. The van der Waals surface area contributed by atoms with Crippen molar-refractivity contribution >= 4 is 68.7 Å². The third-order valence-corrected chi connectivity index (χ3v) is 9.60. The van der Waals surface area contributed by atoms with Gasteiger partial charge < -0.3 is 19.0 Å². The van der Waals surface area contributed by atoms with Crippen molar-refractivity contribution in [1.82, 2.24) is 8.96 Å². The number of benzene rings is 5. The first-order valence-corrected chi connectivity index (χ1v) is 13.9. The Balaban J connectivity index is 1.31. The molecule has 5 aromatic carbocycles. The van der Waals surface area contributed by atoms with Gasteiger partial charge in [-0.25, -0.2) is 0 Å². The molecule has 0 radical (unpaired) electrons. The maximum atomic E-state index is 6.95. The number of para-hydroxylation sites is 3. The van der Waals surface area contributed by atoms with Gasteiger partial charge in [-0.15, -0.1) is 0 Å². The van der Waals surface area contributed by atoms with E-state index >= 15 is 0 Å². The van der Waals surface area contributed by atoms with Gasteiger partial charge in [0, 0.05) is 33.3 Å². The van der Waals surface area contributed by atoms with Crippen LogP contribution in [0, 0.1) is 0 Å². The van der Waals surface area contributed by atoms with Crippen LogP contribution in [0.3, 0.4) is 0 Å². The smallest absolute Gasteiger partial charge is 0.336 e. The van der Waals surface area contributed by atoms with E-state index in [0.29, 0.717) is 0 Å². The van der Waals surface area contributed by atoms with Crippen LogP contribution in [-0.2, 0) is 0 Å². The second kappa shape index (κ2) is 6.54. The van der Waals surface area contributed by atoms with E-state index in [1.54, 1.807) is 0 Å². The third-order valence-electron chi connectivity index (χ3n) is 9.60. The van der Waals surface area contributed by atoms with Crippen molar-refractivity contribution in [2.75, 3.05) is 5.32 Å². The van der Waals surface area contributed by atoms with E-state index in [1.165, 1.54) is 65.9 Å². The van der Waals surface area contributed by atoms with Gasteiger partial charge in [0.2, 0.25) is 0 Å². The summed E-state index contributed by atoms with van der Waals surface area (Å²) in [5, 5.41) is 6.41. The van der Waals surface area contributed by atoms with Crippen molar-refractivity contribution < 1.29 is 4.74 Å². The molecule has 0 saturated heterocycles. The van der Waals surface area contributed by atoms with Gasteiger partial charge in [-0.3, -0.25) is 0 Å². The Labute approximate surface area is 230 Å². The summed E-state index contributed by atoms with van der Waals surface area (Å²) < 4.78 is 11.9. The van der Waals surface area contributed by atoms with Crippen LogP contribution in [0.2, 0.25) is 0 Å². The number of anilines is 2. The highest BCUT2D eigenvalue weighted by Gasteiger charge is 2.45. The topological polar surface area (TPSA) is 31.1 Å². The van der Waals surface area contributed by atoms with Crippen LogP contribution in [0.5, 0.6) is 11.5 Å². The second-order valence-corrected chi connectivity index (χ2v) is 11.4. The van der Waals surface area contributed by atoms with Crippen molar-refractivity contribution in [2.24, 2.45) is 0 Å². The molecule has 7 aromatic rings. The Bertz CT molecular complexity index is 2310. The lowest BCUT2D eigenvalue weighted by Gasteiger charge is -2.39. The van der Waals surface area contributed by atoms with Crippen LogP contribution in [0.25, 0.3) is 44.1 Å². The molecule has 6 heteroatoms. The Morgan fingerprint density at radius 3 is 2.05 bits per heavy atom. The fourth-order valence-electron chi connectivity index (χ4n) is 8.08.